The van der Waals surface area contributed by atoms with Crippen LogP contribution in [0.25, 0.3) is 21.5 Å². The van der Waals surface area contributed by atoms with E-state index in [-0.39, 0.29) is 25.4 Å². The molecule has 0 aliphatic heterocycles. The first-order valence-electron chi connectivity index (χ1n) is 18.6. The Morgan fingerprint density at radius 3 is 1.85 bits per heavy atom. The summed E-state index contributed by atoms with van der Waals surface area (Å²) in [5, 5.41) is 4.72. The van der Waals surface area contributed by atoms with E-state index in [2.05, 4.69) is 90.1 Å². The summed E-state index contributed by atoms with van der Waals surface area (Å²) in [4.78, 5) is 26.9. The zero-order valence-corrected chi connectivity index (χ0v) is 29.9. The van der Waals surface area contributed by atoms with Crippen LogP contribution < -0.4 is 0 Å². The third-order valence-electron chi connectivity index (χ3n) is 11.7. The lowest BCUT2D eigenvalue weighted by molar-refractivity contribution is -0.180. The van der Waals surface area contributed by atoms with E-state index >= 15 is 0 Å². The molecule has 6 rings (SSSR count). The fraction of sp³-hybridized carbons (Fsp3) is 0.619. The van der Waals surface area contributed by atoms with Crippen molar-refractivity contribution in [1.29, 1.82) is 0 Å². The van der Waals surface area contributed by atoms with Crippen molar-refractivity contribution < 1.29 is 28.5 Å². The Morgan fingerprint density at radius 1 is 0.646 bits per heavy atom. The lowest BCUT2D eigenvalue weighted by Crippen LogP contribution is -2.38. The molecule has 48 heavy (non-hydrogen) atoms. The van der Waals surface area contributed by atoms with Crippen molar-refractivity contribution in [3.63, 3.8) is 0 Å². The van der Waals surface area contributed by atoms with Gasteiger partial charge in [-0.3, -0.25) is 0 Å². The molecule has 3 aromatic carbocycles. The SMILES string of the molecule is CC1CCC(C(C)C)C(OCC(=O)O[C@H]2CCc3c(ccc4c3ccc3ccccc34)[C@@H]2OC(=O)COC2CC(C)CCC2C(C)C)C1. The summed E-state index contributed by atoms with van der Waals surface area (Å²) in [7, 11) is 0. The number of hydrogen-bond acceptors (Lipinski definition) is 6. The minimum absolute atomic E-state index is 0.0418. The Balaban J connectivity index is 1.21. The maximum atomic E-state index is 13.5. The summed E-state index contributed by atoms with van der Waals surface area (Å²) in [5.74, 6) is 2.21. The number of carbonyl (C=O) groups is 2. The molecule has 0 bridgehead atoms. The molecule has 6 heteroatoms. The van der Waals surface area contributed by atoms with E-state index in [1.165, 1.54) is 29.0 Å². The lowest BCUT2D eigenvalue weighted by Gasteiger charge is -2.37. The fourth-order valence-electron chi connectivity index (χ4n) is 8.95. The smallest absolute Gasteiger partial charge is 0.332 e. The molecule has 0 amide bonds. The van der Waals surface area contributed by atoms with Crippen molar-refractivity contribution >= 4 is 33.5 Å². The molecular formula is C42H56O6. The minimum atomic E-state index is -0.714. The number of aryl methyl sites for hydroxylation is 1. The van der Waals surface area contributed by atoms with Gasteiger partial charge >= 0.3 is 11.9 Å². The Bertz CT molecular complexity index is 1580. The predicted octanol–water partition coefficient (Wildman–Crippen LogP) is 9.39. The van der Waals surface area contributed by atoms with Crippen LogP contribution in [0.2, 0.25) is 0 Å². The van der Waals surface area contributed by atoms with Crippen LogP contribution in [-0.2, 0) is 35.0 Å². The molecule has 260 valence electrons. The van der Waals surface area contributed by atoms with E-state index in [0.29, 0.717) is 41.9 Å². The molecule has 2 fully saturated rings. The number of esters is 2. The zero-order valence-electron chi connectivity index (χ0n) is 29.9. The van der Waals surface area contributed by atoms with Crippen molar-refractivity contribution in [2.45, 2.75) is 117 Å². The Morgan fingerprint density at radius 2 is 1.23 bits per heavy atom. The highest BCUT2D eigenvalue weighted by atomic mass is 16.6. The van der Waals surface area contributed by atoms with Crippen LogP contribution in [0.4, 0.5) is 0 Å². The van der Waals surface area contributed by atoms with Gasteiger partial charge in [0.2, 0.25) is 0 Å². The second kappa shape index (κ2) is 15.3. The monoisotopic (exact) mass is 656 g/mol. The van der Waals surface area contributed by atoms with E-state index in [0.717, 1.165) is 48.6 Å². The van der Waals surface area contributed by atoms with Crippen LogP contribution in [0, 0.1) is 35.5 Å². The highest BCUT2D eigenvalue weighted by Crippen LogP contribution is 2.41. The number of benzene rings is 3. The normalized spacial score (nSPS) is 29.2. The summed E-state index contributed by atoms with van der Waals surface area (Å²) in [6.07, 6.45) is 6.64. The number of rotatable bonds is 10. The number of hydrogen-bond donors (Lipinski definition) is 0. The first-order valence-corrected chi connectivity index (χ1v) is 18.6. The summed E-state index contributed by atoms with van der Waals surface area (Å²) in [5.41, 5.74) is 2.06. The molecule has 8 atom stereocenters. The Hall–Kier alpha value is -2.96. The maximum Gasteiger partial charge on any atom is 0.332 e. The average molecular weight is 657 g/mol. The van der Waals surface area contributed by atoms with Gasteiger partial charge in [-0.1, -0.05) is 103 Å². The summed E-state index contributed by atoms with van der Waals surface area (Å²) in [6, 6.07) is 16.9. The summed E-state index contributed by atoms with van der Waals surface area (Å²) < 4.78 is 24.9. The third-order valence-corrected chi connectivity index (χ3v) is 11.7. The Labute approximate surface area is 287 Å². The fourth-order valence-corrected chi connectivity index (χ4v) is 8.95. The molecule has 0 N–H and O–H groups in total. The minimum Gasteiger partial charge on any atom is -0.456 e. The van der Waals surface area contributed by atoms with Crippen LogP contribution in [0.1, 0.15) is 104 Å². The Kier molecular flexibility index (Phi) is 11.1. The molecular weight excluding hydrogens is 600 g/mol. The van der Waals surface area contributed by atoms with Crippen molar-refractivity contribution in [3.05, 3.63) is 59.7 Å². The van der Waals surface area contributed by atoms with E-state index in [4.69, 9.17) is 18.9 Å². The standard InChI is InChI=1S/C42H56O6/c1-25(2)30-14-11-27(5)21-38(30)45-23-40(43)47-37-20-19-35-34-16-13-29-9-7-8-10-32(29)33(34)17-18-36(35)42(37)48-41(44)24-46-39-22-28(6)12-15-31(39)26(3)4/h7-10,13,16-18,25-28,30-31,37-39,42H,11-12,14-15,19-24H2,1-6H3/t27?,28?,30?,31?,37-,38?,39?,42-/m0/s1. The van der Waals surface area contributed by atoms with E-state index in [1.54, 1.807) is 0 Å². The summed E-state index contributed by atoms with van der Waals surface area (Å²) in [6.45, 7) is 13.3. The highest BCUT2D eigenvalue weighted by molar-refractivity contribution is 6.08. The molecule has 2 saturated carbocycles. The average Bonchev–Trinajstić information content (AvgIpc) is 3.06. The molecule has 0 heterocycles. The molecule has 0 radical (unpaired) electrons. The van der Waals surface area contributed by atoms with Crippen LogP contribution in [0.3, 0.4) is 0 Å². The molecule has 6 nitrogen and oxygen atoms in total. The molecule has 0 spiro atoms. The summed E-state index contributed by atoms with van der Waals surface area (Å²) >= 11 is 0. The van der Waals surface area contributed by atoms with Gasteiger partial charge in [0.15, 0.2) is 6.10 Å². The molecule has 6 unspecified atom stereocenters. The highest BCUT2D eigenvalue weighted by Gasteiger charge is 2.38. The van der Waals surface area contributed by atoms with Gasteiger partial charge in [0, 0.05) is 5.56 Å². The van der Waals surface area contributed by atoms with Crippen molar-refractivity contribution in [2.75, 3.05) is 13.2 Å². The van der Waals surface area contributed by atoms with Crippen molar-refractivity contribution in [2.24, 2.45) is 35.5 Å². The van der Waals surface area contributed by atoms with Gasteiger partial charge < -0.3 is 18.9 Å². The van der Waals surface area contributed by atoms with Gasteiger partial charge in [-0.15, -0.1) is 0 Å². The molecule has 3 aliphatic carbocycles. The van der Waals surface area contributed by atoms with Crippen molar-refractivity contribution in [1.82, 2.24) is 0 Å². The van der Waals surface area contributed by atoms with E-state index in [1.807, 2.05) is 0 Å². The third kappa shape index (κ3) is 7.75. The van der Waals surface area contributed by atoms with Gasteiger partial charge in [-0.2, -0.15) is 0 Å². The first-order chi connectivity index (χ1) is 23.1. The molecule has 3 aromatic rings. The zero-order chi connectivity index (χ0) is 33.9. The first kappa shape index (κ1) is 34.9. The number of ether oxygens (including phenoxy) is 4. The largest absolute Gasteiger partial charge is 0.456 e. The maximum absolute atomic E-state index is 13.5. The molecule has 3 aliphatic rings. The predicted molar refractivity (Wildman–Crippen MR) is 191 cm³/mol. The topological polar surface area (TPSA) is 71.1 Å². The van der Waals surface area contributed by atoms with Crippen LogP contribution in [0.15, 0.2) is 48.5 Å². The second-order valence-corrected chi connectivity index (χ2v) is 15.8. The quantitative estimate of drug-likeness (QED) is 0.160. The lowest BCUT2D eigenvalue weighted by atomic mass is 9.75. The van der Waals surface area contributed by atoms with E-state index in [9.17, 15) is 9.59 Å². The van der Waals surface area contributed by atoms with Crippen LogP contribution in [-0.4, -0.2) is 43.5 Å². The number of carbonyl (C=O) groups excluding carboxylic acids is 2. The van der Waals surface area contributed by atoms with Crippen molar-refractivity contribution in [3.8, 4) is 0 Å². The van der Waals surface area contributed by atoms with Gasteiger partial charge in [-0.05, 0) is 101 Å². The molecule has 0 saturated heterocycles. The van der Waals surface area contributed by atoms with Gasteiger partial charge in [-0.25, -0.2) is 9.59 Å². The second-order valence-electron chi connectivity index (χ2n) is 15.8. The van der Waals surface area contributed by atoms with Crippen LogP contribution >= 0.6 is 0 Å². The van der Waals surface area contributed by atoms with Gasteiger partial charge in [0.1, 0.15) is 19.3 Å². The number of fused-ring (bicyclic) bond motifs is 5. The van der Waals surface area contributed by atoms with Gasteiger partial charge in [0.05, 0.1) is 12.2 Å². The molecule has 0 aromatic heterocycles. The van der Waals surface area contributed by atoms with Crippen LogP contribution in [0.5, 0.6) is 0 Å². The van der Waals surface area contributed by atoms with Gasteiger partial charge in [0.25, 0.3) is 0 Å². The van der Waals surface area contributed by atoms with E-state index < -0.39 is 24.1 Å².